The average molecular weight is 450 g/mol. The van der Waals surface area contributed by atoms with E-state index in [1.807, 2.05) is 12.1 Å². The lowest BCUT2D eigenvalue weighted by Crippen LogP contribution is -2.26. The standard InChI is InChI=1S/C22H22N6O5/c29-16-7-6-13(12-17(16)30)20-25-19(33-28-20)9-8-18(31)23-10-3-11-24-21-14-4-1-2-5-15(14)22(32)27-26-21/h1-2,4-7,12,29-30H,3,8-11H2,(H,23,31)(H,24,26)(H,27,32). The molecule has 1 amide bonds. The smallest absolute Gasteiger partial charge is 0.272 e. The van der Waals surface area contributed by atoms with Gasteiger partial charge in [0.25, 0.3) is 5.56 Å². The van der Waals surface area contributed by atoms with Crippen molar-refractivity contribution in [2.24, 2.45) is 0 Å². The van der Waals surface area contributed by atoms with Gasteiger partial charge in [-0.2, -0.15) is 10.1 Å². The van der Waals surface area contributed by atoms with Crippen molar-refractivity contribution in [2.45, 2.75) is 19.3 Å². The van der Waals surface area contributed by atoms with Gasteiger partial charge in [0.15, 0.2) is 17.3 Å². The van der Waals surface area contributed by atoms with Crippen LogP contribution < -0.4 is 16.2 Å². The molecule has 11 nitrogen and oxygen atoms in total. The first-order valence-corrected chi connectivity index (χ1v) is 10.3. The number of hydrogen-bond acceptors (Lipinski definition) is 9. The number of phenolic OH excluding ortho intramolecular Hbond substituents is 2. The number of aromatic amines is 1. The molecule has 0 saturated heterocycles. The summed E-state index contributed by atoms with van der Waals surface area (Å²) >= 11 is 0. The molecule has 0 aliphatic heterocycles. The second kappa shape index (κ2) is 9.81. The molecule has 0 radical (unpaired) electrons. The Bertz CT molecular complexity index is 1330. The summed E-state index contributed by atoms with van der Waals surface area (Å²) in [7, 11) is 0. The van der Waals surface area contributed by atoms with Gasteiger partial charge in [0.2, 0.25) is 17.6 Å². The SMILES string of the molecule is O=C(CCc1nc(-c2ccc(O)c(O)c2)no1)NCCCNc1n[nH]c(=O)c2ccccc12. The summed E-state index contributed by atoms with van der Waals surface area (Å²) in [5, 5.41) is 36.6. The van der Waals surface area contributed by atoms with Gasteiger partial charge in [-0.15, -0.1) is 0 Å². The van der Waals surface area contributed by atoms with Gasteiger partial charge in [-0.3, -0.25) is 9.59 Å². The zero-order chi connectivity index (χ0) is 23.2. The van der Waals surface area contributed by atoms with Crippen LogP contribution in [0.15, 0.2) is 51.8 Å². The number of carbonyl (C=O) groups excluding carboxylic acids is 1. The van der Waals surface area contributed by atoms with Crippen LogP contribution in [0.3, 0.4) is 0 Å². The number of anilines is 1. The van der Waals surface area contributed by atoms with Gasteiger partial charge in [0, 0.05) is 36.9 Å². The second-order valence-electron chi connectivity index (χ2n) is 7.29. The van der Waals surface area contributed by atoms with E-state index in [9.17, 15) is 19.8 Å². The minimum Gasteiger partial charge on any atom is -0.504 e. The molecule has 0 bridgehead atoms. The maximum absolute atomic E-state index is 12.1. The van der Waals surface area contributed by atoms with E-state index in [1.165, 1.54) is 12.1 Å². The van der Waals surface area contributed by atoms with Gasteiger partial charge in [0.1, 0.15) is 0 Å². The fourth-order valence-corrected chi connectivity index (χ4v) is 3.22. The van der Waals surface area contributed by atoms with Crippen molar-refractivity contribution in [3.63, 3.8) is 0 Å². The van der Waals surface area contributed by atoms with Crippen molar-refractivity contribution in [3.8, 4) is 22.9 Å². The van der Waals surface area contributed by atoms with Crippen molar-refractivity contribution >= 4 is 22.5 Å². The molecule has 4 aromatic rings. The first kappa shape index (κ1) is 21.8. The molecule has 0 aliphatic rings. The van der Waals surface area contributed by atoms with Crippen molar-refractivity contribution in [3.05, 3.63) is 58.7 Å². The second-order valence-corrected chi connectivity index (χ2v) is 7.29. The molecular formula is C22H22N6O5. The van der Waals surface area contributed by atoms with Gasteiger partial charge < -0.3 is 25.4 Å². The van der Waals surface area contributed by atoms with E-state index in [1.54, 1.807) is 18.2 Å². The first-order valence-electron chi connectivity index (χ1n) is 10.3. The molecule has 0 aliphatic carbocycles. The van der Waals surface area contributed by atoms with Crippen LogP contribution >= 0.6 is 0 Å². The molecule has 170 valence electrons. The van der Waals surface area contributed by atoms with E-state index in [2.05, 4.69) is 31.0 Å². The van der Waals surface area contributed by atoms with Crippen LogP contribution in [0.25, 0.3) is 22.2 Å². The van der Waals surface area contributed by atoms with Crippen LogP contribution in [0.2, 0.25) is 0 Å². The van der Waals surface area contributed by atoms with Gasteiger partial charge >= 0.3 is 0 Å². The predicted molar refractivity (Wildman–Crippen MR) is 120 cm³/mol. The number of rotatable bonds is 9. The van der Waals surface area contributed by atoms with E-state index >= 15 is 0 Å². The number of nitrogens with one attached hydrogen (secondary N) is 3. The maximum Gasteiger partial charge on any atom is 0.272 e. The average Bonchev–Trinajstić information content (AvgIpc) is 3.30. The monoisotopic (exact) mass is 450 g/mol. The number of H-pyrrole nitrogens is 1. The van der Waals surface area contributed by atoms with Crippen molar-refractivity contribution in [1.29, 1.82) is 0 Å². The Hall–Kier alpha value is -4.41. The summed E-state index contributed by atoms with van der Waals surface area (Å²) in [5.41, 5.74) is 0.250. The minimum atomic E-state index is -0.280. The Morgan fingerprint density at radius 1 is 1.06 bits per heavy atom. The quantitative estimate of drug-likeness (QED) is 0.189. The normalized spacial score (nSPS) is 10.9. The van der Waals surface area contributed by atoms with Crippen molar-refractivity contribution in [2.75, 3.05) is 18.4 Å². The highest BCUT2D eigenvalue weighted by Crippen LogP contribution is 2.29. The molecule has 2 heterocycles. The fraction of sp³-hybridized carbons (Fsp3) is 0.227. The van der Waals surface area contributed by atoms with Crippen LogP contribution in [0.5, 0.6) is 11.5 Å². The summed E-state index contributed by atoms with van der Waals surface area (Å²) < 4.78 is 5.15. The third-order valence-electron chi connectivity index (χ3n) is 4.93. The van der Waals surface area contributed by atoms with E-state index in [0.29, 0.717) is 42.2 Å². The molecule has 0 fully saturated rings. The molecule has 11 heteroatoms. The van der Waals surface area contributed by atoms with E-state index < -0.39 is 0 Å². The number of fused-ring (bicyclic) bond motifs is 1. The van der Waals surface area contributed by atoms with Crippen molar-refractivity contribution < 1.29 is 19.5 Å². The molecule has 0 saturated carbocycles. The number of benzene rings is 2. The maximum atomic E-state index is 12.1. The Labute approximate surface area is 187 Å². The number of aromatic hydroxyl groups is 2. The number of phenols is 2. The van der Waals surface area contributed by atoms with Gasteiger partial charge in [0.05, 0.1) is 5.39 Å². The Balaban J connectivity index is 1.19. The Morgan fingerprint density at radius 3 is 2.70 bits per heavy atom. The van der Waals surface area contributed by atoms with E-state index in [0.717, 1.165) is 5.39 Å². The van der Waals surface area contributed by atoms with E-state index in [4.69, 9.17) is 4.52 Å². The zero-order valence-electron chi connectivity index (χ0n) is 17.5. The van der Waals surface area contributed by atoms with Gasteiger partial charge in [-0.25, -0.2) is 5.10 Å². The molecule has 2 aromatic carbocycles. The summed E-state index contributed by atoms with van der Waals surface area (Å²) in [4.78, 5) is 28.1. The van der Waals surface area contributed by atoms with Crippen LogP contribution in [0, 0.1) is 0 Å². The summed E-state index contributed by atoms with van der Waals surface area (Å²) in [5.74, 6) is 0.478. The summed E-state index contributed by atoms with van der Waals surface area (Å²) in [6.07, 6.45) is 1.12. The largest absolute Gasteiger partial charge is 0.504 e. The number of hydrogen-bond donors (Lipinski definition) is 5. The molecular weight excluding hydrogens is 428 g/mol. The highest BCUT2D eigenvalue weighted by Gasteiger charge is 2.12. The molecule has 33 heavy (non-hydrogen) atoms. The van der Waals surface area contributed by atoms with Crippen LogP contribution in [-0.2, 0) is 11.2 Å². The number of aryl methyl sites for hydroxylation is 1. The van der Waals surface area contributed by atoms with Crippen LogP contribution in [0.1, 0.15) is 18.7 Å². The first-order chi connectivity index (χ1) is 16.0. The predicted octanol–water partition coefficient (Wildman–Crippen LogP) is 1.94. The number of amides is 1. The molecule has 0 unspecified atom stereocenters. The number of carbonyl (C=O) groups is 1. The van der Waals surface area contributed by atoms with E-state index in [-0.39, 0.29) is 41.6 Å². The molecule has 2 aromatic heterocycles. The van der Waals surface area contributed by atoms with Gasteiger partial charge in [-0.05, 0) is 30.7 Å². The lowest BCUT2D eigenvalue weighted by Gasteiger charge is -2.08. The Kier molecular flexibility index (Phi) is 6.48. The molecule has 0 atom stereocenters. The Morgan fingerprint density at radius 2 is 1.88 bits per heavy atom. The minimum absolute atomic E-state index is 0.148. The number of aromatic nitrogens is 4. The third-order valence-corrected chi connectivity index (χ3v) is 4.93. The zero-order valence-corrected chi connectivity index (χ0v) is 17.5. The fourth-order valence-electron chi connectivity index (χ4n) is 3.22. The lowest BCUT2D eigenvalue weighted by molar-refractivity contribution is -0.121. The lowest BCUT2D eigenvalue weighted by atomic mass is 10.2. The topological polar surface area (TPSA) is 166 Å². The highest BCUT2D eigenvalue weighted by atomic mass is 16.5. The highest BCUT2D eigenvalue weighted by molar-refractivity contribution is 5.90. The summed E-state index contributed by atoms with van der Waals surface area (Å²) in [6, 6.07) is 11.4. The molecule has 0 spiro atoms. The third kappa shape index (κ3) is 5.26. The van der Waals surface area contributed by atoms with Crippen LogP contribution in [0.4, 0.5) is 5.82 Å². The molecule has 4 rings (SSSR count). The van der Waals surface area contributed by atoms with Gasteiger partial charge in [-0.1, -0.05) is 23.4 Å². The number of nitrogens with zero attached hydrogens (tertiary/aromatic N) is 3. The molecule has 5 N–H and O–H groups in total. The summed E-state index contributed by atoms with van der Waals surface area (Å²) in [6.45, 7) is 1.03. The van der Waals surface area contributed by atoms with Crippen molar-refractivity contribution in [1.82, 2.24) is 25.7 Å². The van der Waals surface area contributed by atoms with Crippen LogP contribution in [-0.4, -0.2) is 49.5 Å².